The van der Waals surface area contributed by atoms with Crippen molar-refractivity contribution >= 4 is 23.5 Å². The van der Waals surface area contributed by atoms with Gasteiger partial charge in [0.2, 0.25) is 5.91 Å². The Morgan fingerprint density at radius 1 is 1.02 bits per heavy atom. The number of carbonyl (C=O) groups excluding carboxylic acids is 3. The van der Waals surface area contributed by atoms with E-state index in [0.717, 1.165) is 28.8 Å². The van der Waals surface area contributed by atoms with Crippen LogP contribution in [-0.2, 0) is 27.3 Å². The van der Waals surface area contributed by atoms with Gasteiger partial charge >= 0.3 is 0 Å². The average molecular weight is 553 g/mol. The van der Waals surface area contributed by atoms with Crippen LogP contribution in [0.3, 0.4) is 0 Å². The summed E-state index contributed by atoms with van der Waals surface area (Å²) in [5.41, 5.74) is 4.12. The quantitative estimate of drug-likeness (QED) is 0.373. The van der Waals surface area contributed by atoms with E-state index >= 15 is 0 Å². The Bertz CT molecular complexity index is 1410. The Morgan fingerprint density at radius 3 is 2.56 bits per heavy atom. The van der Waals surface area contributed by atoms with Crippen LogP contribution in [-0.4, -0.2) is 75.7 Å². The molecular formula is C33H36N4O4. The second-order valence-electron chi connectivity index (χ2n) is 10.9. The first-order chi connectivity index (χ1) is 19.9. The highest BCUT2D eigenvalue weighted by Gasteiger charge is 2.34. The van der Waals surface area contributed by atoms with Crippen molar-refractivity contribution < 1.29 is 19.5 Å². The monoisotopic (exact) mass is 552 g/mol. The number of pyridine rings is 1. The van der Waals surface area contributed by atoms with Gasteiger partial charge in [-0.25, -0.2) is 0 Å². The first-order valence-electron chi connectivity index (χ1n) is 14.1. The Labute approximate surface area is 240 Å². The lowest BCUT2D eigenvalue weighted by Gasteiger charge is -2.40. The van der Waals surface area contributed by atoms with Gasteiger partial charge in [-0.3, -0.25) is 29.2 Å². The molecule has 0 spiro atoms. The van der Waals surface area contributed by atoms with Crippen molar-refractivity contribution in [3.8, 4) is 0 Å². The van der Waals surface area contributed by atoms with Crippen LogP contribution in [0.25, 0.3) is 6.08 Å². The van der Waals surface area contributed by atoms with Crippen LogP contribution in [0.1, 0.15) is 41.6 Å². The van der Waals surface area contributed by atoms with Crippen LogP contribution >= 0.6 is 0 Å². The Hall–Kier alpha value is -3.98. The zero-order valence-corrected chi connectivity index (χ0v) is 23.3. The summed E-state index contributed by atoms with van der Waals surface area (Å²) in [5, 5.41) is 13.7. The third kappa shape index (κ3) is 7.21. The Kier molecular flexibility index (Phi) is 9.14. The van der Waals surface area contributed by atoms with Gasteiger partial charge in [0, 0.05) is 57.0 Å². The number of Topliss-reactive ketones (excluding diaryl/α,β-unsaturated/α-hetero) is 2. The first kappa shape index (κ1) is 28.5. The van der Waals surface area contributed by atoms with Crippen molar-refractivity contribution in [3.05, 3.63) is 107 Å². The minimum absolute atomic E-state index is 0.0142. The van der Waals surface area contributed by atoms with Crippen LogP contribution < -0.4 is 5.32 Å². The number of rotatable bonds is 10. The molecule has 2 N–H and O–H groups in total. The van der Waals surface area contributed by atoms with Gasteiger partial charge in [0.25, 0.3) is 0 Å². The van der Waals surface area contributed by atoms with Gasteiger partial charge < -0.3 is 10.4 Å². The number of nitrogens with one attached hydrogen (secondary N) is 1. The van der Waals surface area contributed by atoms with Crippen LogP contribution in [0.15, 0.2) is 84.7 Å². The second-order valence-corrected chi connectivity index (χ2v) is 10.9. The highest BCUT2D eigenvalue weighted by atomic mass is 16.3. The van der Waals surface area contributed by atoms with E-state index in [2.05, 4.69) is 15.2 Å². The third-order valence-electron chi connectivity index (χ3n) is 7.86. The topological polar surface area (TPSA) is 103 Å². The number of ketones is 2. The van der Waals surface area contributed by atoms with E-state index in [0.29, 0.717) is 31.6 Å². The summed E-state index contributed by atoms with van der Waals surface area (Å²) in [6, 6.07) is 20.1. The molecule has 8 nitrogen and oxygen atoms in total. The highest BCUT2D eigenvalue weighted by Crippen LogP contribution is 2.31. The number of benzene rings is 2. The molecule has 1 aliphatic heterocycles. The van der Waals surface area contributed by atoms with E-state index in [1.807, 2.05) is 77.8 Å². The fraction of sp³-hybridized carbons (Fsp3) is 0.333. The first-order valence-corrected chi connectivity index (χ1v) is 14.1. The van der Waals surface area contributed by atoms with Crippen LogP contribution in [0, 0.1) is 0 Å². The molecule has 0 unspecified atom stereocenters. The molecule has 0 radical (unpaired) electrons. The number of carbonyl (C=O) groups is 3. The summed E-state index contributed by atoms with van der Waals surface area (Å²) >= 11 is 0. The van der Waals surface area contributed by atoms with Gasteiger partial charge in [-0.05, 0) is 41.3 Å². The summed E-state index contributed by atoms with van der Waals surface area (Å²) in [5.74, 6) is -0.505. The largest absolute Gasteiger partial charge is 0.390 e. The fourth-order valence-corrected chi connectivity index (χ4v) is 5.77. The molecule has 1 amide bonds. The molecule has 3 atom stereocenters. The van der Waals surface area contributed by atoms with E-state index in [-0.39, 0.29) is 30.4 Å². The minimum Gasteiger partial charge on any atom is -0.390 e. The standard InChI is InChI=1S/C33H36N4O4/c1-23(38)30-22-36(20-25-10-7-13-34-19-25)14-15-37(30)21-28(39)17-27(16-24-8-3-2-4-9-24)33(41)35-32-29-12-6-5-11-26(29)18-31(32)40/h2-13,16,19,30-32,40H,14-15,17-18,20-22H2,1H3,(H,35,41)/b27-16-/t30-,31+,32-/m0/s1. The second kappa shape index (κ2) is 13.1. The number of nitrogens with zero attached hydrogens (tertiary/aromatic N) is 3. The maximum atomic E-state index is 13.6. The van der Waals surface area contributed by atoms with Crippen molar-refractivity contribution in [1.82, 2.24) is 20.1 Å². The SMILES string of the molecule is CC(=O)[C@@H]1CN(Cc2cccnc2)CCN1CC(=O)C/C(=C/c1ccccc1)C(=O)N[C@H]1c2ccccc2C[C@H]1O. The van der Waals surface area contributed by atoms with Crippen LogP contribution in [0.5, 0.6) is 0 Å². The van der Waals surface area contributed by atoms with Gasteiger partial charge in [-0.15, -0.1) is 0 Å². The molecule has 41 heavy (non-hydrogen) atoms. The summed E-state index contributed by atoms with van der Waals surface area (Å²) in [6.45, 7) is 4.17. The van der Waals surface area contributed by atoms with Crippen molar-refractivity contribution in [1.29, 1.82) is 0 Å². The van der Waals surface area contributed by atoms with E-state index in [9.17, 15) is 19.5 Å². The Balaban J connectivity index is 1.27. The number of aliphatic hydroxyl groups excluding tert-OH is 1. The molecule has 5 rings (SSSR count). The predicted molar refractivity (Wildman–Crippen MR) is 157 cm³/mol. The van der Waals surface area contributed by atoms with Crippen molar-refractivity contribution in [2.24, 2.45) is 0 Å². The molecule has 8 heteroatoms. The lowest BCUT2D eigenvalue weighted by atomic mass is 10.0. The predicted octanol–water partition coefficient (Wildman–Crippen LogP) is 2.97. The van der Waals surface area contributed by atoms with E-state index < -0.39 is 18.2 Å². The summed E-state index contributed by atoms with van der Waals surface area (Å²) in [7, 11) is 0. The average Bonchev–Trinajstić information content (AvgIpc) is 3.29. The fourth-order valence-electron chi connectivity index (χ4n) is 5.77. The highest BCUT2D eigenvalue weighted by molar-refractivity contribution is 6.03. The zero-order chi connectivity index (χ0) is 28.8. The van der Waals surface area contributed by atoms with Crippen molar-refractivity contribution in [3.63, 3.8) is 0 Å². The molecule has 0 saturated carbocycles. The molecule has 0 bridgehead atoms. The van der Waals surface area contributed by atoms with Gasteiger partial charge in [-0.1, -0.05) is 60.7 Å². The maximum absolute atomic E-state index is 13.6. The number of hydrogen-bond donors (Lipinski definition) is 2. The molecule has 3 aromatic rings. The van der Waals surface area contributed by atoms with Crippen LogP contribution in [0.2, 0.25) is 0 Å². The number of hydrogen-bond acceptors (Lipinski definition) is 7. The molecule has 2 aromatic carbocycles. The number of piperazine rings is 1. The van der Waals surface area contributed by atoms with Gasteiger partial charge in [0.05, 0.1) is 24.7 Å². The number of aliphatic hydroxyl groups is 1. The molecule has 2 heterocycles. The van der Waals surface area contributed by atoms with E-state index in [1.54, 1.807) is 19.2 Å². The minimum atomic E-state index is -0.732. The lowest BCUT2D eigenvalue weighted by Crippen LogP contribution is -2.56. The molecule has 1 fully saturated rings. The molecular weight excluding hydrogens is 516 g/mol. The molecule has 212 valence electrons. The zero-order valence-electron chi connectivity index (χ0n) is 23.3. The van der Waals surface area contributed by atoms with Crippen molar-refractivity contribution in [2.75, 3.05) is 26.2 Å². The number of aromatic nitrogens is 1. The van der Waals surface area contributed by atoms with E-state index in [1.165, 1.54) is 0 Å². The smallest absolute Gasteiger partial charge is 0.248 e. The van der Waals surface area contributed by atoms with Gasteiger partial charge in [0.1, 0.15) is 5.78 Å². The van der Waals surface area contributed by atoms with Gasteiger partial charge in [-0.2, -0.15) is 0 Å². The maximum Gasteiger partial charge on any atom is 0.248 e. The summed E-state index contributed by atoms with van der Waals surface area (Å²) in [6.07, 6.45) is 4.95. The van der Waals surface area contributed by atoms with Crippen molar-refractivity contribution in [2.45, 2.75) is 44.5 Å². The summed E-state index contributed by atoms with van der Waals surface area (Å²) < 4.78 is 0. The van der Waals surface area contributed by atoms with E-state index in [4.69, 9.17) is 0 Å². The Morgan fingerprint density at radius 2 is 1.80 bits per heavy atom. The lowest BCUT2D eigenvalue weighted by molar-refractivity contribution is -0.128. The van der Waals surface area contributed by atoms with Crippen LogP contribution in [0.4, 0.5) is 0 Å². The summed E-state index contributed by atoms with van der Waals surface area (Å²) in [4.78, 5) is 47.9. The molecule has 1 saturated heterocycles. The van der Waals surface area contributed by atoms with Gasteiger partial charge in [0.15, 0.2) is 5.78 Å². The molecule has 1 aromatic heterocycles. The third-order valence-corrected chi connectivity index (χ3v) is 7.86. The number of amides is 1. The molecule has 2 aliphatic rings. The number of fused-ring (bicyclic) bond motifs is 1. The molecule has 1 aliphatic carbocycles. The normalized spacial score (nSPS) is 21.3.